The SMILES string of the molecule is Cc1cccc(-c2cc(Br)cc3c2C=CC3C)c1C. The summed E-state index contributed by atoms with van der Waals surface area (Å²) in [5.41, 5.74) is 8.20. The lowest BCUT2D eigenvalue weighted by atomic mass is 9.91. The summed E-state index contributed by atoms with van der Waals surface area (Å²) >= 11 is 3.66. The Kier molecular flexibility index (Phi) is 3.10. The standard InChI is InChI=1S/C18H17Br/c1-11-5-4-6-15(13(11)3)18-10-14(19)9-17-12(2)7-8-16(17)18/h4-10,12H,1-3H3. The van der Waals surface area contributed by atoms with E-state index in [0.717, 1.165) is 4.47 Å². The van der Waals surface area contributed by atoms with E-state index < -0.39 is 0 Å². The van der Waals surface area contributed by atoms with Crippen LogP contribution in [0.5, 0.6) is 0 Å². The molecule has 0 saturated heterocycles. The molecule has 0 nitrogen and oxygen atoms in total. The summed E-state index contributed by atoms with van der Waals surface area (Å²) in [5.74, 6) is 0.511. The molecular weight excluding hydrogens is 296 g/mol. The van der Waals surface area contributed by atoms with Crippen molar-refractivity contribution in [2.45, 2.75) is 26.7 Å². The van der Waals surface area contributed by atoms with Gasteiger partial charge in [0.1, 0.15) is 0 Å². The van der Waals surface area contributed by atoms with Gasteiger partial charge in [0.05, 0.1) is 0 Å². The van der Waals surface area contributed by atoms with Crippen molar-refractivity contribution >= 4 is 22.0 Å². The molecule has 1 heteroatoms. The molecular formula is C18H17Br. The second kappa shape index (κ2) is 4.64. The average molecular weight is 313 g/mol. The molecule has 0 spiro atoms. The van der Waals surface area contributed by atoms with Crippen LogP contribution in [0.15, 0.2) is 40.9 Å². The fraction of sp³-hybridized carbons (Fsp3) is 0.222. The minimum Gasteiger partial charge on any atom is -0.0766 e. The summed E-state index contributed by atoms with van der Waals surface area (Å²) < 4.78 is 1.16. The molecule has 2 aromatic carbocycles. The molecule has 96 valence electrons. The van der Waals surface area contributed by atoms with Crippen LogP contribution < -0.4 is 0 Å². The van der Waals surface area contributed by atoms with Gasteiger partial charge in [0.15, 0.2) is 0 Å². The molecule has 0 N–H and O–H groups in total. The fourth-order valence-corrected chi connectivity index (χ4v) is 3.29. The molecule has 1 aliphatic rings. The van der Waals surface area contributed by atoms with E-state index in [9.17, 15) is 0 Å². The normalized spacial score (nSPS) is 16.7. The van der Waals surface area contributed by atoms with Crippen molar-refractivity contribution in [3.63, 3.8) is 0 Å². The zero-order valence-corrected chi connectivity index (χ0v) is 13.1. The number of aryl methyl sites for hydroxylation is 1. The first-order valence-electron chi connectivity index (χ1n) is 6.66. The van der Waals surface area contributed by atoms with E-state index in [-0.39, 0.29) is 0 Å². The lowest BCUT2D eigenvalue weighted by Crippen LogP contribution is -1.94. The summed E-state index contributed by atoms with van der Waals surface area (Å²) in [4.78, 5) is 0. The Hall–Kier alpha value is -1.34. The number of hydrogen-bond acceptors (Lipinski definition) is 0. The highest BCUT2D eigenvalue weighted by Gasteiger charge is 2.18. The molecule has 19 heavy (non-hydrogen) atoms. The summed E-state index contributed by atoms with van der Waals surface area (Å²) in [6.45, 7) is 6.64. The first kappa shape index (κ1) is 12.7. The van der Waals surface area contributed by atoms with Gasteiger partial charge in [-0.15, -0.1) is 0 Å². The number of rotatable bonds is 1. The average Bonchev–Trinajstić information content (AvgIpc) is 2.74. The molecule has 3 rings (SSSR count). The Balaban J connectivity index is 2.29. The molecule has 1 aliphatic carbocycles. The molecule has 0 saturated carbocycles. The van der Waals surface area contributed by atoms with Gasteiger partial charge in [-0.05, 0) is 65.3 Å². The van der Waals surface area contributed by atoms with Crippen LogP contribution in [0.25, 0.3) is 17.2 Å². The van der Waals surface area contributed by atoms with Crippen molar-refractivity contribution in [3.05, 3.63) is 63.1 Å². The van der Waals surface area contributed by atoms with Crippen molar-refractivity contribution in [2.75, 3.05) is 0 Å². The van der Waals surface area contributed by atoms with Crippen molar-refractivity contribution < 1.29 is 0 Å². The van der Waals surface area contributed by atoms with Crippen molar-refractivity contribution in [3.8, 4) is 11.1 Å². The lowest BCUT2D eigenvalue weighted by molar-refractivity contribution is 0.989. The summed E-state index contributed by atoms with van der Waals surface area (Å²) in [6.07, 6.45) is 4.55. The van der Waals surface area contributed by atoms with Gasteiger partial charge in [-0.2, -0.15) is 0 Å². The Morgan fingerprint density at radius 2 is 1.84 bits per heavy atom. The first-order valence-corrected chi connectivity index (χ1v) is 7.45. The number of allylic oxidation sites excluding steroid dienone is 1. The van der Waals surface area contributed by atoms with E-state index in [1.807, 2.05) is 0 Å². The van der Waals surface area contributed by atoms with Gasteiger partial charge < -0.3 is 0 Å². The number of hydrogen-bond donors (Lipinski definition) is 0. The summed E-state index contributed by atoms with van der Waals surface area (Å²) in [7, 11) is 0. The molecule has 1 atom stereocenters. The van der Waals surface area contributed by atoms with Crippen LogP contribution in [0.4, 0.5) is 0 Å². The third kappa shape index (κ3) is 2.06. The highest BCUT2D eigenvalue weighted by Crippen LogP contribution is 2.40. The van der Waals surface area contributed by atoms with Crippen LogP contribution in [0.2, 0.25) is 0 Å². The molecule has 1 unspecified atom stereocenters. The Morgan fingerprint density at radius 1 is 1.05 bits per heavy atom. The van der Waals surface area contributed by atoms with Crippen LogP contribution in [0, 0.1) is 13.8 Å². The van der Waals surface area contributed by atoms with Crippen molar-refractivity contribution in [2.24, 2.45) is 0 Å². The predicted octanol–water partition coefficient (Wildman–Crippen LogP) is 5.86. The number of fused-ring (bicyclic) bond motifs is 1. The highest BCUT2D eigenvalue weighted by molar-refractivity contribution is 9.10. The topological polar surface area (TPSA) is 0 Å². The van der Waals surface area contributed by atoms with E-state index in [1.165, 1.54) is 33.4 Å². The maximum atomic E-state index is 3.66. The van der Waals surface area contributed by atoms with E-state index in [1.54, 1.807) is 0 Å². The maximum absolute atomic E-state index is 3.66. The van der Waals surface area contributed by atoms with Crippen molar-refractivity contribution in [1.82, 2.24) is 0 Å². The highest BCUT2D eigenvalue weighted by atomic mass is 79.9. The molecule has 2 aromatic rings. The predicted molar refractivity (Wildman–Crippen MR) is 86.5 cm³/mol. The third-order valence-corrected chi connectivity index (χ3v) is 4.57. The largest absolute Gasteiger partial charge is 0.0766 e. The Morgan fingerprint density at radius 3 is 2.63 bits per heavy atom. The molecule has 0 fully saturated rings. The summed E-state index contributed by atoms with van der Waals surface area (Å²) in [6, 6.07) is 11.0. The number of benzene rings is 2. The summed E-state index contributed by atoms with van der Waals surface area (Å²) in [5, 5.41) is 0. The van der Waals surface area contributed by atoms with Crippen LogP contribution in [-0.4, -0.2) is 0 Å². The van der Waals surface area contributed by atoms with Crippen LogP contribution >= 0.6 is 15.9 Å². The lowest BCUT2D eigenvalue weighted by Gasteiger charge is -2.15. The van der Waals surface area contributed by atoms with Crippen LogP contribution in [0.3, 0.4) is 0 Å². The fourth-order valence-electron chi connectivity index (χ4n) is 2.81. The second-order valence-electron chi connectivity index (χ2n) is 5.35. The monoisotopic (exact) mass is 312 g/mol. The minimum atomic E-state index is 0.511. The Labute approximate surface area is 123 Å². The van der Waals surface area contributed by atoms with Gasteiger partial charge in [0.25, 0.3) is 0 Å². The van der Waals surface area contributed by atoms with E-state index in [4.69, 9.17) is 0 Å². The molecule has 0 bridgehead atoms. The molecule has 0 amide bonds. The van der Waals surface area contributed by atoms with Crippen molar-refractivity contribution in [1.29, 1.82) is 0 Å². The van der Waals surface area contributed by atoms with Gasteiger partial charge in [0, 0.05) is 4.47 Å². The zero-order chi connectivity index (χ0) is 13.6. The molecule has 0 aliphatic heterocycles. The van der Waals surface area contributed by atoms with Crippen LogP contribution in [0.1, 0.15) is 35.1 Å². The molecule has 0 radical (unpaired) electrons. The maximum Gasteiger partial charge on any atom is 0.0184 e. The van der Waals surface area contributed by atoms with E-state index in [2.05, 4.69) is 79.2 Å². The molecule has 0 aromatic heterocycles. The van der Waals surface area contributed by atoms with Gasteiger partial charge in [0.2, 0.25) is 0 Å². The minimum absolute atomic E-state index is 0.511. The zero-order valence-electron chi connectivity index (χ0n) is 11.5. The van der Waals surface area contributed by atoms with Gasteiger partial charge in [-0.25, -0.2) is 0 Å². The second-order valence-corrected chi connectivity index (χ2v) is 6.27. The van der Waals surface area contributed by atoms with Gasteiger partial charge in [-0.1, -0.05) is 53.2 Å². The quantitative estimate of drug-likeness (QED) is 0.618. The molecule has 0 heterocycles. The van der Waals surface area contributed by atoms with Crippen LogP contribution in [-0.2, 0) is 0 Å². The van der Waals surface area contributed by atoms with Gasteiger partial charge >= 0.3 is 0 Å². The van der Waals surface area contributed by atoms with Gasteiger partial charge in [-0.3, -0.25) is 0 Å². The number of halogens is 1. The van der Waals surface area contributed by atoms with E-state index in [0.29, 0.717) is 5.92 Å². The Bertz CT molecular complexity index is 680. The third-order valence-electron chi connectivity index (χ3n) is 4.11. The van der Waals surface area contributed by atoms with E-state index >= 15 is 0 Å². The first-order chi connectivity index (χ1) is 9.08. The smallest absolute Gasteiger partial charge is 0.0184 e.